The van der Waals surface area contributed by atoms with Gasteiger partial charge in [0, 0.05) is 24.7 Å². The second-order valence-corrected chi connectivity index (χ2v) is 5.03. The lowest BCUT2D eigenvalue weighted by Gasteiger charge is -2.26. The van der Waals surface area contributed by atoms with Crippen molar-refractivity contribution in [1.29, 1.82) is 0 Å². The lowest BCUT2D eigenvalue weighted by atomic mass is 10.1. The largest absolute Gasteiger partial charge is 0.365 e. The van der Waals surface area contributed by atoms with E-state index in [-0.39, 0.29) is 10.6 Å². The van der Waals surface area contributed by atoms with Crippen LogP contribution < -0.4 is 10.2 Å². The van der Waals surface area contributed by atoms with Gasteiger partial charge in [-0.15, -0.1) is 0 Å². The zero-order chi connectivity index (χ0) is 13.8. The van der Waals surface area contributed by atoms with Crippen molar-refractivity contribution in [1.82, 2.24) is 5.32 Å². The van der Waals surface area contributed by atoms with Crippen LogP contribution in [-0.2, 0) is 0 Å². The monoisotopic (exact) mass is 263 g/mol. The molecule has 1 aromatic rings. The van der Waals surface area contributed by atoms with Gasteiger partial charge in [-0.2, -0.15) is 0 Å². The first kappa shape index (κ1) is 13.8. The van der Waals surface area contributed by atoms with Gasteiger partial charge < -0.3 is 10.2 Å². The molecule has 0 spiro atoms. The Morgan fingerprint density at radius 2 is 2.32 bits per heavy atom. The number of nitro groups is 1. The number of nitro benzene ring substituents is 1. The van der Waals surface area contributed by atoms with Gasteiger partial charge in [-0.25, -0.2) is 0 Å². The van der Waals surface area contributed by atoms with E-state index in [1.165, 1.54) is 6.42 Å². The van der Waals surface area contributed by atoms with Crippen molar-refractivity contribution in [3.63, 3.8) is 0 Å². The van der Waals surface area contributed by atoms with Crippen molar-refractivity contribution in [2.75, 3.05) is 24.5 Å². The predicted octanol–water partition coefficient (Wildman–Crippen LogP) is 2.48. The van der Waals surface area contributed by atoms with Crippen LogP contribution in [-0.4, -0.2) is 30.6 Å². The van der Waals surface area contributed by atoms with Crippen molar-refractivity contribution in [3.05, 3.63) is 33.9 Å². The first-order valence-electron chi connectivity index (χ1n) is 6.85. The standard InChI is InChI=1S/C14H21N3O2/c1-3-16(10-12-7-5-9-15-12)13-8-4-6-11(2)14(13)17(18)19/h4,6,8,12,15H,3,5,7,9-10H2,1-2H3. The molecule has 1 N–H and O–H groups in total. The minimum absolute atomic E-state index is 0.238. The Morgan fingerprint density at radius 1 is 1.53 bits per heavy atom. The van der Waals surface area contributed by atoms with Gasteiger partial charge in [0.2, 0.25) is 0 Å². The topological polar surface area (TPSA) is 58.4 Å². The van der Waals surface area contributed by atoms with Crippen LogP contribution >= 0.6 is 0 Å². The summed E-state index contributed by atoms with van der Waals surface area (Å²) < 4.78 is 0. The number of rotatable bonds is 5. The Kier molecular flexibility index (Phi) is 4.37. The molecule has 0 amide bonds. The molecular formula is C14H21N3O2. The molecule has 1 atom stereocenters. The van der Waals surface area contributed by atoms with Gasteiger partial charge in [-0.3, -0.25) is 10.1 Å². The number of hydrogen-bond acceptors (Lipinski definition) is 4. The van der Waals surface area contributed by atoms with Gasteiger partial charge >= 0.3 is 0 Å². The van der Waals surface area contributed by atoms with Gasteiger partial charge in [0.1, 0.15) is 5.69 Å². The van der Waals surface area contributed by atoms with E-state index in [9.17, 15) is 10.1 Å². The third-order valence-electron chi connectivity index (χ3n) is 3.72. The van der Waals surface area contributed by atoms with Crippen molar-refractivity contribution >= 4 is 11.4 Å². The summed E-state index contributed by atoms with van der Waals surface area (Å²) in [6.07, 6.45) is 2.34. The molecule has 104 valence electrons. The summed E-state index contributed by atoms with van der Waals surface area (Å²) in [7, 11) is 0. The van der Waals surface area contributed by atoms with E-state index in [1.807, 2.05) is 19.1 Å². The van der Waals surface area contributed by atoms with E-state index in [4.69, 9.17) is 0 Å². The second kappa shape index (κ2) is 6.02. The SMILES string of the molecule is CCN(CC1CCCN1)c1cccc(C)c1[N+](=O)[O-]. The molecule has 1 fully saturated rings. The first-order valence-corrected chi connectivity index (χ1v) is 6.85. The Balaban J connectivity index is 2.26. The summed E-state index contributed by atoms with van der Waals surface area (Å²) in [4.78, 5) is 13.1. The van der Waals surface area contributed by atoms with E-state index >= 15 is 0 Å². The van der Waals surface area contributed by atoms with Crippen LogP contribution in [0.4, 0.5) is 11.4 Å². The van der Waals surface area contributed by atoms with E-state index in [1.54, 1.807) is 13.0 Å². The molecule has 5 heteroatoms. The molecule has 2 rings (SSSR count). The maximum Gasteiger partial charge on any atom is 0.295 e. The van der Waals surface area contributed by atoms with Crippen LogP contribution in [0.1, 0.15) is 25.3 Å². The molecule has 1 aromatic carbocycles. The highest BCUT2D eigenvalue weighted by Crippen LogP contribution is 2.31. The second-order valence-electron chi connectivity index (χ2n) is 5.03. The number of anilines is 1. The Hall–Kier alpha value is -1.62. The number of hydrogen-bond donors (Lipinski definition) is 1. The van der Waals surface area contributed by atoms with Crippen molar-refractivity contribution < 1.29 is 4.92 Å². The summed E-state index contributed by atoms with van der Waals surface area (Å²) in [6.45, 7) is 6.51. The van der Waals surface area contributed by atoms with Gasteiger partial charge in [-0.05, 0) is 39.3 Å². The third-order valence-corrected chi connectivity index (χ3v) is 3.72. The third kappa shape index (κ3) is 3.04. The average molecular weight is 263 g/mol. The molecule has 1 heterocycles. The lowest BCUT2D eigenvalue weighted by molar-refractivity contribution is -0.384. The highest BCUT2D eigenvalue weighted by atomic mass is 16.6. The first-order chi connectivity index (χ1) is 9.13. The minimum Gasteiger partial charge on any atom is -0.365 e. The highest BCUT2D eigenvalue weighted by molar-refractivity contribution is 5.66. The predicted molar refractivity (Wildman–Crippen MR) is 76.7 cm³/mol. The lowest BCUT2D eigenvalue weighted by Crippen LogP contribution is -2.37. The summed E-state index contributed by atoms with van der Waals surface area (Å²) in [5, 5.41) is 14.7. The van der Waals surface area contributed by atoms with Gasteiger partial charge in [0.05, 0.1) is 4.92 Å². The number of para-hydroxylation sites is 1. The molecule has 1 aliphatic rings. The molecule has 0 saturated carbocycles. The average Bonchev–Trinajstić information content (AvgIpc) is 2.88. The molecule has 1 unspecified atom stereocenters. The van der Waals surface area contributed by atoms with Gasteiger partial charge in [0.25, 0.3) is 5.69 Å². The van der Waals surface area contributed by atoms with Crippen molar-refractivity contribution in [3.8, 4) is 0 Å². The van der Waals surface area contributed by atoms with E-state index in [2.05, 4.69) is 10.2 Å². The fourth-order valence-corrected chi connectivity index (χ4v) is 2.71. The highest BCUT2D eigenvalue weighted by Gasteiger charge is 2.24. The zero-order valence-corrected chi connectivity index (χ0v) is 11.6. The normalized spacial score (nSPS) is 18.5. The molecule has 0 aliphatic carbocycles. The smallest absolute Gasteiger partial charge is 0.295 e. The molecule has 1 aliphatic heterocycles. The van der Waals surface area contributed by atoms with Gasteiger partial charge in [-0.1, -0.05) is 12.1 Å². The fraction of sp³-hybridized carbons (Fsp3) is 0.571. The van der Waals surface area contributed by atoms with Crippen LogP contribution in [0.25, 0.3) is 0 Å². The summed E-state index contributed by atoms with van der Waals surface area (Å²) in [6, 6.07) is 5.98. The Labute approximate surface area is 113 Å². The van der Waals surface area contributed by atoms with Crippen LogP contribution in [0, 0.1) is 17.0 Å². The van der Waals surface area contributed by atoms with Crippen LogP contribution in [0.5, 0.6) is 0 Å². The van der Waals surface area contributed by atoms with E-state index in [0.717, 1.165) is 37.3 Å². The van der Waals surface area contributed by atoms with Crippen LogP contribution in [0.15, 0.2) is 18.2 Å². The van der Waals surface area contributed by atoms with E-state index in [0.29, 0.717) is 6.04 Å². The molecule has 1 saturated heterocycles. The maximum atomic E-state index is 11.3. The number of likely N-dealkylation sites (N-methyl/N-ethyl adjacent to an activating group) is 1. The summed E-state index contributed by atoms with van der Waals surface area (Å²) in [5.74, 6) is 0. The summed E-state index contributed by atoms with van der Waals surface area (Å²) in [5.41, 5.74) is 1.70. The van der Waals surface area contributed by atoms with E-state index < -0.39 is 0 Å². The van der Waals surface area contributed by atoms with Crippen LogP contribution in [0.2, 0.25) is 0 Å². The Morgan fingerprint density at radius 3 is 2.89 bits per heavy atom. The zero-order valence-electron chi connectivity index (χ0n) is 11.6. The number of benzene rings is 1. The molecule has 0 bridgehead atoms. The van der Waals surface area contributed by atoms with Crippen molar-refractivity contribution in [2.45, 2.75) is 32.7 Å². The quantitative estimate of drug-likeness (QED) is 0.655. The molecular weight excluding hydrogens is 242 g/mol. The molecule has 5 nitrogen and oxygen atoms in total. The van der Waals surface area contributed by atoms with Crippen molar-refractivity contribution in [2.24, 2.45) is 0 Å². The molecule has 0 radical (unpaired) electrons. The summed E-state index contributed by atoms with van der Waals surface area (Å²) >= 11 is 0. The van der Waals surface area contributed by atoms with Crippen LogP contribution in [0.3, 0.4) is 0 Å². The van der Waals surface area contributed by atoms with Gasteiger partial charge in [0.15, 0.2) is 0 Å². The minimum atomic E-state index is -0.268. The Bertz CT molecular complexity index is 456. The molecule has 0 aromatic heterocycles. The number of aryl methyl sites for hydroxylation is 1. The maximum absolute atomic E-state index is 11.3. The fourth-order valence-electron chi connectivity index (χ4n) is 2.71. The number of nitrogens with one attached hydrogen (secondary N) is 1. The number of nitrogens with zero attached hydrogens (tertiary/aromatic N) is 2. The molecule has 19 heavy (non-hydrogen) atoms.